The molecular formula is C30H32FN3O2. The molecular weight excluding hydrogens is 453 g/mol. The molecule has 2 aromatic heterocycles. The first-order valence-corrected chi connectivity index (χ1v) is 13.3. The van der Waals surface area contributed by atoms with E-state index in [1.54, 1.807) is 12.1 Å². The minimum absolute atomic E-state index is 0.0487. The number of fused-ring (bicyclic) bond motifs is 6. The monoisotopic (exact) mass is 485 g/mol. The summed E-state index contributed by atoms with van der Waals surface area (Å²) in [7, 11) is 0. The van der Waals surface area contributed by atoms with Crippen LogP contribution in [0.15, 0.2) is 42.5 Å². The number of nitrogens with zero attached hydrogens (tertiary/aromatic N) is 1. The average Bonchev–Trinajstić information content (AvgIpc) is 3.64. The van der Waals surface area contributed by atoms with Gasteiger partial charge >= 0.3 is 0 Å². The van der Waals surface area contributed by atoms with E-state index in [1.807, 2.05) is 31.2 Å². The van der Waals surface area contributed by atoms with Gasteiger partial charge in [0, 0.05) is 40.3 Å². The number of H-pyrrole nitrogens is 1. The molecule has 2 aromatic carbocycles. The van der Waals surface area contributed by atoms with Gasteiger partial charge in [-0.3, -0.25) is 4.98 Å². The number of ether oxygens (including phenoxy) is 2. The van der Waals surface area contributed by atoms with Crippen molar-refractivity contribution in [3.8, 4) is 11.5 Å². The predicted octanol–water partition coefficient (Wildman–Crippen LogP) is 5.87. The van der Waals surface area contributed by atoms with Gasteiger partial charge in [0.25, 0.3) is 0 Å². The van der Waals surface area contributed by atoms with Crippen LogP contribution in [-0.4, -0.2) is 35.3 Å². The molecule has 1 saturated carbocycles. The van der Waals surface area contributed by atoms with Gasteiger partial charge in [-0.15, -0.1) is 0 Å². The molecule has 6 heteroatoms. The molecule has 1 fully saturated rings. The molecule has 2 aliphatic carbocycles. The van der Waals surface area contributed by atoms with Crippen LogP contribution in [0.5, 0.6) is 11.5 Å². The highest BCUT2D eigenvalue weighted by molar-refractivity contribution is 5.88. The molecule has 1 unspecified atom stereocenters. The zero-order valence-electron chi connectivity index (χ0n) is 20.6. The fourth-order valence-electron chi connectivity index (χ4n) is 6.18. The molecule has 5 nitrogen and oxygen atoms in total. The number of nitrogens with one attached hydrogen (secondary N) is 2. The summed E-state index contributed by atoms with van der Waals surface area (Å²) < 4.78 is 26.6. The van der Waals surface area contributed by atoms with E-state index >= 15 is 0 Å². The van der Waals surface area contributed by atoms with Crippen molar-refractivity contribution in [2.24, 2.45) is 11.8 Å². The fourth-order valence-corrected chi connectivity index (χ4v) is 6.18. The molecule has 0 amide bonds. The van der Waals surface area contributed by atoms with Gasteiger partial charge in [-0.25, -0.2) is 4.39 Å². The Morgan fingerprint density at radius 3 is 2.92 bits per heavy atom. The van der Waals surface area contributed by atoms with Crippen LogP contribution in [0.25, 0.3) is 21.8 Å². The summed E-state index contributed by atoms with van der Waals surface area (Å²) in [5.74, 6) is 2.80. The van der Waals surface area contributed by atoms with Crippen LogP contribution >= 0.6 is 0 Å². The van der Waals surface area contributed by atoms with E-state index in [1.165, 1.54) is 30.5 Å². The Morgan fingerprint density at radius 1 is 1.11 bits per heavy atom. The number of hydrogen-bond donors (Lipinski definition) is 2. The number of aromatic amines is 1. The molecule has 0 spiro atoms. The lowest BCUT2D eigenvalue weighted by Gasteiger charge is -2.34. The fraction of sp³-hybridized carbons (Fsp3) is 0.433. The summed E-state index contributed by atoms with van der Waals surface area (Å²) in [6, 6.07) is 13.6. The van der Waals surface area contributed by atoms with E-state index in [9.17, 15) is 4.39 Å². The van der Waals surface area contributed by atoms with Gasteiger partial charge < -0.3 is 19.8 Å². The second-order valence-corrected chi connectivity index (χ2v) is 10.9. The lowest BCUT2D eigenvalue weighted by atomic mass is 9.80. The van der Waals surface area contributed by atoms with E-state index in [0.717, 1.165) is 70.7 Å². The number of hydrogen-bond acceptors (Lipinski definition) is 4. The first-order chi connectivity index (χ1) is 17.6. The minimum atomic E-state index is -0.160. The van der Waals surface area contributed by atoms with Gasteiger partial charge in [0.2, 0.25) is 0 Å². The number of benzene rings is 2. The van der Waals surface area contributed by atoms with Gasteiger partial charge in [0.15, 0.2) is 11.5 Å². The Balaban J connectivity index is 1.09. The van der Waals surface area contributed by atoms with Crippen LogP contribution in [0.3, 0.4) is 0 Å². The third kappa shape index (κ3) is 4.11. The molecule has 0 bridgehead atoms. The maximum Gasteiger partial charge on any atom is 0.171 e. The number of aryl methyl sites for hydroxylation is 2. The molecule has 0 saturated heterocycles. The molecule has 0 radical (unpaired) electrons. The maximum absolute atomic E-state index is 14.0. The van der Waals surface area contributed by atoms with E-state index < -0.39 is 0 Å². The van der Waals surface area contributed by atoms with Crippen LogP contribution in [-0.2, 0) is 12.8 Å². The van der Waals surface area contributed by atoms with Crippen LogP contribution in [0.4, 0.5) is 4.39 Å². The highest BCUT2D eigenvalue weighted by atomic mass is 19.1. The third-order valence-electron chi connectivity index (χ3n) is 8.28. The lowest BCUT2D eigenvalue weighted by Crippen LogP contribution is -2.46. The quantitative estimate of drug-likeness (QED) is 0.359. The van der Waals surface area contributed by atoms with Crippen LogP contribution in [0, 0.1) is 24.6 Å². The molecule has 2 N–H and O–H groups in total. The Morgan fingerprint density at radius 2 is 2.03 bits per heavy atom. The highest BCUT2D eigenvalue weighted by Gasteiger charge is 2.34. The first-order valence-electron chi connectivity index (χ1n) is 13.3. The van der Waals surface area contributed by atoms with Gasteiger partial charge in [0.1, 0.15) is 18.5 Å². The standard InChI is InChI=1S/C30H32FN3O2/c1-17-2-7-22-25(33-17)10-11-29-30(22)36-21(16-35-29)15-32-28(12-18-3-4-18)19-5-8-26-23(13-19)24-14-20(31)6-9-27(24)34-26/h2,6-7,9-11,14,18-19,21,28,32,34H,3-5,8,12-13,15-16H2,1H3/t19-,21+,28?/m1/s1. The molecule has 3 atom stereocenters. The first kappa shape index (κ1) is 22.1. The van der Waals surface area contributed by atoms with E-state index in [2.05, 4.69) is 21.4 Å². The number of rotatable bonds is 6. The summed E-state index contributed by atoms with van der Waals surface area (Å²) in [5.41, 5.74) is 5.58. The summed E-state index contributed by atoms with van der Waals surface area (Å²) >= 11 is 0. The van der Waals surface area contributed by atoms with Crippen molar-refractivity contribution in [1.29, 1.82) is 0 Å². The Hall–Kier alpha value is -3.12. The number of pyridine rings is 1. The largest absolute Gasteiger partial charge is 0.486 e. The predicted molar refractivity (Wildman–Crippen MR) is 139 cm³/mol. The smallest absolute Gasteiger partial charge is 0.171 e. The second kappa shape index (κ2) is 8.77. The molecule has 3 aliphatic rings. The van der Waals surface area contributed by atoms with E-state index in [0.29, 0.717) is 18.6 Å². The van der Waals surface area contributed by atoms with E-state index in [4.69, 9.17) is 9.47 Å². The van der Waals surface area contributed by atoms with Gasteiger partial charge in [0.05, 0.1) is 5.52 Å². The molecule has 1 aliphatic heterocycles. The topological polar surface area (TPSA) is 59.2 Å². The van der Waals surface area contributed by atoms with Crippen molar-refractivity contribution < 1.29 is 13.9 Å². The summed E-state index contributed by atoms with van der Waals surface area (Å²) in [4.78, 5) is 8.19. The second-order valence-electron chi connectivity index (χ2n) is 10.9. The lowest BCUT2D eigenvalue weighted by molar-refractivity contribution is 0.0867. The third-order valence-corrected chi connectivity index (χ3v) is 8.28. The van der Waals surface area contributed by atoms with Crippen molar-refractivity contribution >= 4 is 21.8 Å². The number of aromatic nitrogens is 2. The van der Waals surface area contributed by atoms with Crippen molar-refractivity contribution in [2.75, 3.05) is 13.2 Å². The normalized spacial score (nSPS) is 22.1. The van der Waals surface area contributed by atoms with Crippen molar-refractivity contribution in [2.45, 2.75) is 57.6 Å². The minimum Gasteiger partial charge on any atom is -0.486 e. The summed E-state index contributed by atoms with van der Waals surface area (Å²) in [5, 5.41) is 5.95. The summed E-state index contributed by atoms with van der Waals surface area (Å²) in [6.45, 7) is 3.29. The van der Waals surface area contributed by atoms with Crippen LogP contribution < -0.4 is 14.8 Å². The van der Waals surface area contributed by atoms with Gasteiger partial charge in [-0.2, -0.15) is 0 Å². The molecule has 7 rings (SSSR count). The molecule has 36 heavy (non-hydrogen) atoms. The molecule has 3 heterocycles. The highest BCUT2D eigenvalue weighted by Crippen LogP contribution is 2.40. The Kier molecular flexibility index (Phi) is 5.38. The van der Waals surface area contributed by atoms with E-state index in [-0.39, 0.29) is 11.9 Å². The molecule has 186 valence electrons. The maximum atomic E-state index is 14.0. The Bertz CT molecular complexity index is 1440. The van der Waals surface area contributed by atoms with Crippen LogP contribution in [0.2, 0.25) is 0 Å². The zero-order valence-corrected chi connectivity index (χ0v) is 20.6. The van der Waals surface area contributed by atoms with Gasteiger partial charge in [-0.1, -0.05) is 12.8 Å². The molecule has 4 aromatic rings. The zero-order chi connectivity index (χ0) is 24.2. The van der Waals surface area contributed by atoms with Crippen molar-refractivity contribution in [3.05, 3.63) is 65.2 Å². The van der Waals surface area contributed by atoms with Crippen LogP contribution in [0.1, 0.15) is 42.6 Å². The van der Waals surface area contributed by atoms with Crippen molar-refractivity contribution in [3.63, 3.8) is 0 Å². The number of halogens is 1. The SMILES string of the molecule is Cc1ccc2c3c(ccc2n1)OC[C@H](CNC(CC1CC1)[C@@H]1CCc2[nH]c4ccc(F)cc4c2C1)O3. The van der Waals surface area contributed by atoms with Gasteiger partial charge in [-0.05, 0) is 92.5 Å². The van der Waals surface area contributed by atoms with Crippen molar-refractivity contribution in [1.82, 2.24) is 15.3 Å². The summed E-state index contributed by atoms with van der Waals surface area (Å²) in [6.07, 6.45) is 6.98. The average molecular weight is 486 g/mol. The Labute approximate surface area is 210 Å².